The smallest absolute Gasteiger partial charge is 0.293 e. The molecule has 0 aliphatic carbocycles. The SMILES string of the molecule is Nc1c(C(O)C(O)CO)cc(Cl)cc1[N+](=O)[O-]. The van der Waals surface area contributed by atoms with Gasteiger partial charge in [-0.15, -0.1) is 0 Å². The Balaban J connectivity index is 3.29. The van der Waals surface area contributed by atoms with Gasteiger partial charge in [-0.1, -0.05) is 11.6 Å². The number of nitro groups is 1. The molecule has 0 aliphatic heterocycles. The molecular formula is C9H11ClN2O5. The highest BCUT2D eigenvalue weighted by molar-refractivity contribution is 6.31. The second kappa shape index (κ2) is 5.28. The van der Waals surface area contributed by atoms with Gasteiger partial charge in [0.1, 0.15) is 17.9 Å². The van der Waals surface area contributed by atoms with Crippen LogP contribution in [0.25, 0.3) is 0 Å². The van der Waals surface area contributed by atoms with Gasteiger partial charge in [-0.25, -0.2) is 0 Å². The normalized spacial score (nSPS) is 14.4. The minimum Gasteiger partial charge on any atom is -0.394 e. The maximum absolute atomic E-state index is 10.7. The average Bonchev–Trinajstić information content (AvgIpc) is 2.29. The van der Waals surface area contributed by atoms with E-state index < -0.39 is 29.4 Å². The van der Waals surface area contributed by atoms with Crippen LogP contribution in [0.1, 0.15) is 11.7 Å². The molecule has 0 aliphatic rings. The first-order valence-electron chi connectivity index (χ1n) is 4.58. The van der Waals surface area contributed by atoms with Crippen LogP contribution < -0.4 is 5.73 Å². The van der Waals surface area contributed by atoms with Crippen molar-refractivity contribution in [3.63, 3.8) is 0 Å². The van der Waals surface area contributed by atoms with Gasteiger partial charge in [-0.3, -0.25) is 10.1 Å². The number of nitrogens with zero attached hydrogens (tertiary/aromatic N) is 1. The number of hydrogen-bond donors (Lipinski definition) is 4. The fourth-order valence-corrected chi connectivity index (χ4v) is 1.55. The van der Waals surface area contributed by atoms with E-state index in [9.17, 15) is 20.3 Å². The van der Waals surface area contributed by atoms with Crippen LogP contribution in [0.2, 0.25) is 5.02 Å². The highest BCUT2D eigenvalue weighted by atomic mass is 35.5. The molecule has 2 atom stereocenters. The van der Waals surface area contributed by atoms with Crippen LogP contribution in [0, 0.1) is 10.1 Å². The van der Waals surface area contributed by atoms with Crippen molar-refractivity contribution in [2.75, 3.05) is 12.3 Å². The predicted molar refractivity (Wildman–Crippen MR) is 60.6 cm³/mol. The lowest BCUT2D eigenvalue weighted by molar-refractivity contribution is -0.384. The summed E-state index contributed by atoms with van der Waals surface area (Å²) in [6.07, 6.45) is -3.03. The molecular weight excluding hydrogens is 252 g/mol. The molecule has 0 saturated carbocycles. The number of hydrogen-bond acceptors (Lipinski definition) is 6. The van der Waals surface area contributed by atoms with Gasteiger partial charge in [-0.05, 0) is 6.07 Å². The first kappa shape index (κ1) is 13.7. The summed E-state index contributed by atoms with van der Waals surface area (Å²) in [5.41, 5.74) is 4.65. The Morgan fingerprint density at radius 2 is 2.06 bits per heavy atom. The van der Waals surface area contributed by atoms with E-state index in [0.717, 1.165) is 6.07 Å². The number of rotatable bonds is 4. The largest absolute Gasteiger partial charge is 0.394 e. The number of nitrogen functional groups attached to an aromatic ring is 1. The van der Waals surface area contributed by atoms with Gasteiger partial charge in [0.25, 0.3) is 5.69 Å². The van der Waals surface area contributed by atoms with Gasteiger partial charge in [0.15, 0.2) is 0 Å². The standard InChI is InChI=1S/C9H11ClN2O5/c10-4-1-5(9(15)7(14)3-13)8(11)6(2-4)12(16)17/h1-2,7,9,13-15H,3,11H2. The van der Waals surface area contributed by atoms with Crippen LogP contribution >= 0.6 is 11.6 Å². The number of aliphatic hydroxyl groups excluding tert-OH is 3. The van der Waals surface area contributed by atoms with E-state index in [0.29, 0.717) is 0 Å². The molecule has 1 aromatic rings. The fourth-order valence-electron chi connectivity index (χ4n) is 1.33. The van der Waals surface area contributed by atoms with E-state index in [1.54, 1.807) is 0 Å². The summed E-state index contributed by atoms with van der Waals surface area (Å²) in [4.78, 5) is 9.91. The number of aliphatic hydroxyl groups is 3. The Morgan fingerprint density at radius 3 is 2.53 bits per heavy atom. The van der Waals surface area contributed by atoms with Crippen molar-refractivity contribution >= 4 is 23.0 Å². The quantitative estimate of drug-likeness (QED) is 0.349. The molecule has 1 aromatic carbocycles. The van der Waals surface area contributed by atoms with Crippen molar-refractivity contribution in [3.8, 4) is 0 Å². The Labute approximate surface area is 101 Å². The average molecular weight is 263 g/mol. The zero-order valence-corrected chi connectivity index (χ0v) is 9.33. The molecule has 7 nitrogen and oxygen atoms in total. The second-order valence-electron chi connectivity index (χ2n) is 3.38. The molecule has 17 heavy (non-hydrogen) atoms. The van der Waals surface area contributed by atoms with Crippen LogP contribution in [0.3, 0.4) is 0 Å². The monoisotopic (exact) mass is 262 g/mol. The van der Waals surface area contributed by atoms with Crippen LogP contribution in [-0.4, -0.2) is 33.0 Å². The maximum Gasteiger partial charge on any atom is 0.293 e. The molecule has 0 bridgehead atoms. The van der Waals surface area contributed by atoms with Crippen LogP contribution in [0.5, 0.6) is 0 Å². The van der Waals surface area contributed by atoms with Crippen molar-refractivity contribution in [2.24, 2.45) is 0 Å². The molecule has 2 unspecified atom stereocenters. The minimum absolute atomic E-state index is 0.00471. The van der Waals surface area contributed by atoms with Crippen molar-refractivity contribution in [1.82, 2.24) is 0 Å². The maximum atomic E-state index is 10.7. The number of halogens is 1. The number of anilines is 1. The van der Waals surface area contributed by atoms with Crippen molar-refractivity contribution in [1.29, 1.82) is 0 Å². The Kier molecular flexibility index (Phi) is 4.24. The third kappa shape index (κ3) is 2.83. The van der Waals surface area contributed by atoms with Crippen LogP contribution in [-0.2, 0) is 0 Å². The topological polar surface area (TPSA) is 130 Å². The van der Waals surface area contributed by atoms with Gasteiger partial charge in [-0.2, -0.15) is 0 Å². The van der Waals surface area contributed by atoms with E-state index in [-0.39, 0.29) is 16.3 Å². The van der Waals surface area contributed by atoms with Crippen molar-refractivity contribution in [2.45, 2.75) is 12.2 Å². The second-order valence-corrected chi connectivity index (χ2v) is 3.82. The van der Waals surface area contributed by atoms with Gasteiger partial charge in [0.2, 0.25) is 0 Å². The van der Waals surface area contributed by atoms with E-state index in [4.69, 9.17) is 22.4 Å². The number of nitro benzene ring substituents is 1. The van der Waals surface area contributed by atoms with Gasteiger partial charge >= 0.3 is 0 Å². The fraction of sp³-hybridized carbons (Fsp3) is 0.333. The van der Waals surface area contributed by atoms with E-state index in [2.05, 4.69) is 0 Å². The molecule has 0 saturated heterocycles. The van der Waals surface area contributed by atoms with E-state index >= 15 is 0 Å². The molecule has 5 N–H and O–H groups in total. The Bertz CT molecular complexity index is 440. The summed E-state index contributed by atoms with van der Waals surface area (Å²) in [6.45, 7) is -0.707. The molecule has 0 amide bonds. The van der Waals surface area contributed by atoms with Crippen molar-refractivity contribution in [3.05, 3.63) is 32.8 Å². The summed E-state index contributed by atoms with van der Waals surface area (Å²) >= 11 is 5.64. The third-order valence-corrected chi connectivity index (χ3v) is 2.44. The zero-order chi connectivity index (χ0) is 13.2. The molecule has 0 fully saturated rings. The molecule has 0 radical (unpaired) electrons. The molecule has 94 valence electrons. The summed E-state index contributed by atoms with van der Waals surface area (Å²) in [5.74, 6) is 0. The van der Waals surface area contributed by atoms with E-state index in [1.807, 2.05) is 0 Å². The van der Waals surface area contributed by atoms with Crippen LogP contribution in [0.15, 0.2) is 12.1 Å². The van der Waals surface area contributed by atoms with Gasteiger partial charge in [0, 0.05) is 16.7 Å². The highest BCUT2D eigenvalue weighted by Gasteiger charge is 2.25. The van der Waals surface area contributed by atoms with E-state index in [1.165, 1.54) is 6.07 Å². The lowest BCUT2D eigenvalue weighted by atomic mass is 10.0. The Morgan fingerprint density at radius 1 is 1.47 bits per heavy atom. The summed E-state index contributed by atoms with van der Waals surface area (Å²) in [5, 5.41) is 38.2. The minimum atomic E-state index is -1.54. The molecule has 1 rings (SSSR count). The zero-order valence-electron chi connectivity index (χ0n) is 8.58. The summed E-state index contributed by atoms with van der Waals surface area (Å²) in [6, 6.07) is 2.24. The first-order chi connectivity index (χ1) is 7.88. The lowest BCUT2D eigenvalue weighted by Gasteiger charge is -2.17. The molecule has 0 heterocycles. The van der Waals surface area contributed by atoms with Gasteiger partial charge < -0.3 is 21.1 Å². The Hall–Kier alpha value is -1.41. The third-order valence-electron chi connectivity index (χ3n) is 2.22. The van der Waals surface area contributed by atoms with Crippen molar-refractivity contribution < 1.29 is 20.2 Å². The molecule has 0 spiro atoms. The number of benzene rings is 1. The number of nitrogens with two attached hydrogens (primary N) is 1. The molecule has 8 heteroatoms. The highest BCUT2D eigenvalue weighted by Crippen LogP contribution is 2.34. The summed E-state index contributed by atoms with van der Waals surface area (Å²) in [7, 11) is 0. The summed E-state index contributed by atoms with van der Waals surface area (Å²) < 4.78 is 0. The first-order valence-corrected chi connectivity index (χ1v) is 4.96. The predicted octanol–water partition coefficient (Wildman–Crippen LogP) is 0.217. The lowest BCUT2D eigenvalue weighted by Crippen LogP contribution is -2.23. The molecule has 0 aromatic heterocycles. The van der Waals surface area contributed by atoms with Crippen LogP contribution in [0.4, 0.5) is 11.4 Å². The van der Waals surface area contributed by atoms with Gasteiger partial charge in [0.05, 0.1) is 11.5 Å².